The van der Waals surface area contributed by atoms with Gasteiger partial charge in [-0.05, 0) is 60.2 Å². The normalized spacial score (nSPS) is 13.7. The fraction of sp³-hybridized carbons (Fsp3) is 0.259. The van der Waals surface area contributed by atoms with Gasteiger partial charge in [-0.1, -0.05) is 12.1 Å². The van der Waals surface area contributed by atoms with Gasteiger partial charge < -0.3 is 24.5 Å². The summed E-state index contributed by atoms with van der Waals surface area (Å²) in [6.07, 6.45) is 0. The minimum absolute atomic E-state index is 0.233. The van der Waals surface area contributed by atoms with Crippen LogP contribution in [0.4, 0.5) is 11.4 Å². The summed E-state index contributed by atoms with van der Waals surface area (Å²) in [5, 5.41) is 13.8. The second-order valence-electron chi connectivity index (χ2n) is 8.06. The molecule has 1 aliphatic heterocycles. The first-order valence-corrected chi connectivity index (χ1v) is 11.3. The minimum Gasteiger partial charge on any atom is -0.493 e. The summed E-state index contributed by atoms with van der Waals surface area (Å²) in [5.41, 5.74) is 3.82. The number of benzene rings is 3. The molecule has 4 rings (SSSR count). The van der Waals surface area contributed by atoms with Crippen molar-refractivity contribution in [2.45, 2.75) is 6.61 Å². The van der Waals surface area contributed by atoms with E-state index in [0.29, 0.717) is 29.2 Å². The third-order valence-corrected chi connectivity index (χ3v) is 5.89. The highest BCUT2D eigenvalue weighted by molar-refractivity contribution is 6.04. The van der Waals surface area contributed by atoms with Crippen LogP contribution in [0.15, 0.2) is 66.7 Å². The maximum absolute atomic E-state index is 12.8. The molecule has 0 atom stereocenters. The zero-order chi connectivity index (χ0) is 24.6. The molecule has 0 unspecified atom stereocenters. The van der Waals surface area contributed by atoms with Crippen LogP contribution in [0.5, 0.6) is 11.5 Å². The summed E-state index contributed by atoms with van der Waals surface area (Å²) in [4.78, 5) is 20.4. The molecule has 35 heavy (non-hydrogen) atoms. The molecule has 0 aromatic heterocycles. The molecular formula is C27H28N4O4. The Morgan fingerprint density at radius 1 is 0.943 bits per heavy atom. The number of anilines is 2. The fourth-order valence-electron chi connectivity index (χ4n) is 3.85. The van der Waals surface area contributed by atoms with Crippen molar-refractivity contribution in [1.29, 1.82) is 5.26 Å². The van der Waals surface area contributed by atoms with Crippen molar-refractivity contribution in [2.75, 3.05) is 50.6 Å². The van der Waals surface area contributed by atoms with Crippen LogP contribution < -0.4 is 19.7 Å². The molecule has 1 saturated heterocycles. The largest absolute Gasteiger partial charge is 0.493 e. The highest BCUT2D eigenvalue weighted by Crippen LogP contribution is 2.29. The molecule has 0 saturated carbocycles. The molecule has 3 aromatic rings. The van der Waals surface area contributed by atoms with E-state index >= 15 is 0 Å². The van der Waals surface area contributed by atoms with E-state index in [1.807, 2.05) is 41.5 Å². The summed E-state index contributed by atoms with van der Waals surface area (Å²) in [5.74, 6) is 0.770. The van der Waals surface area contributed by atoms with Gasteiger partial charge in [0.25, 0.3) is 5.91 Å². The van der Waals surface area contributed by atoms with Crippen molar-refractivity contribution in [3.05, 3.63) is 83.4 Å². The molecule has 180 valence electrons. The smallest absolute Gasteiger partial charge is 0.255 e. The molecular weight excluding hydrogens is 444 g/mol. The van der Waals surface area contributed by atoms with Crippen LogP contribution in [0.3, 0.4) is 0 Å². The third-order valence-electron chi connectivity index (χ3n) is 5.89. The fourth-order valence-corrected chi connectivity index (χ4v) is 3.85. The number of amides is 1. The third kappa shape index (κ3) is 6.09. The van der Waals surface area contributed by atoms with Crippen molar-refractivity contribution in [3.8, 4) is 17.6 Å². The zero-order valence-corrected chi connectivity index (χ0v) is 19.9. The highest BCUT2D eigenvalue weighted by atomic mass is 16.7. The number of hydrogen-bond acceptors (Lipinski definition) is 7. The lowest BCUT2D eigenvalue weighted by molar-refractivity contribution is -0.133. The summed E-state index contributed by atoms with van der Waals surface area (Å²) in [6, 6.07) is 22.2. The van der Waals surface area contributed by atoms with E-state index < -0.39 is 0 Å². The second-order valence-corrected chi connectivity index (χ2v) is 8.06. The molecule has 0 radical (unpaired) electrons. The SMILES string of the molecule is COc1cc(C(=O)Nc2ccc(N3CCN(OC)CC3)cc2)ccc1OCc1ccc(C#N)cc1. The average Bonchev–Trinajstić information content (AvgIpc) is 2.92. The summed E-state index contributed by atoms with van der Waals surface area (Å²) in [7, 11) is 3.23. The van der Waals surface area contributed by atoms with Gasteiger partial charge >= 0.3 is 0 Å². The predicted octanol–water partition coefficient (Wildman–Crippen LogP) is 4.08. The van der Waals surface area contributed by atoms with Crippen LogP contribution in [0.1, 0.15) is 21.5 Å². The molecule has 0 aliphatic carbocycles. The van der Waals surface area contributed by atoms with E-state index in [2.05, 4.69) is 16.3 Å². The van der Waals surface area contributed by atoms with Crippen molar-refractivity contribution in [1.82, 2.24) is 5.06 Å². The molecule has 8 heteroatoms. The highest BCUT2D eigenvalue weighted by Gasteiger charge is 2.17. The Kier molecular flexibility index (Phi) is 7.83. The Morgan fingerprint density at radius 3 is 2.29 bits per heavy atom. The zero-order valence-electron chi connectivity index (χ0n) is 19.9. The Morgan fingerprint density at radius 2 is 1.66 bits per heavy atom. The van der Waals surface area contributed by atoms with E-state index in [1.165, 1.54) is 7.11 Å². The molecule has 1 N–H and O–H groups in total. The first kappa shape index (κ1) is 24.1. The Hall–Kier alpha value is -4.06. The van der Waals surface area contributed by atoms with Crippen LogP contribution in [-0.4, -0.2) is 51.4 Å². The van der Waals surface area contributed by atoms with E-state index in [1.54, 1.807) is 37.4 Å². The number of nitrogens with one attached hydrogen (secondary N) is 1. The number of hydroxylamine groups is 2. The number of carbonyl (C=O) groups is 1. The van der Waals surface area contributed by atoms with Gasteiger partial charge in [0.05, 0.1) is 25.9 Å². The van der Waals surface area contributed by atoms with Gasteiger partial charge in [-0.25, -0.2) is 0 Å². The standard InChI is InChI=1S/C27H28N4O4/c1-33-26-17-22(7-12-25(26)35-19-21-5-3-20(18-28)4-6-21)27(32)29-23-8-10-24(11-9-23)30-13-15-31(34-2)16-14-30/h3-12,17H,13-16,19H2,1-2H3,(H,29,32). The van der Waals surface area contributed by atoms with E-state index in [-0.39, 0.29) is 5.91 Å². The maximum Gasteiger partial charge on any atom is 0.255 e. The number of carbonyl (C=O) groups excluding carboxylic acids is 1. The van der Waals surface area contributed by atoms with E-state index in [4.69, 9.17) is 19.6 Å². The monoisotopic (exact) mass is 472 g/mol. The van der Waals surface area contributed by atoms with Crippen molar-refractivity contribution in [2.24, 2.45) is 0 Å². The number of rotatable bonds is 8. The number of nitrogens with zero attached hydrogens (tertiary/aromatic N) is 3. The first-order chi connectivity index (χ1) is 17.1. The molecule has 1 aliphatic rings. The van der Waals surface area contributed by atoms with Gasteiger partial charge in [-0.2, -0.15) is 10.3 Å². The van der Waals surface area contributed by atoms with Crippen LogP contribution in [0.25, 0.3) is 0 Å². The Balaban J connectivity index is 1.36. The number of piperazine rings is 1. The summed E-state index contributed by atoms with van der Waals surface area (Å²) >= 11 is 0. The van der Waals surface area contributed by atoms with Gasteiger partial charge in [0.1, 0.15) is 6.61 Å². The molecule has 3 aromatic carbocycles. The van der Waals surface area contributed by atoms with Crippen LogP contribution >= 0.6 is 0 Å². The van der Waals surface area contributed by atoms with Crippen LogP contribution in [0, 0.1) is 11.3 Å². The first-order valence-electron chi connectivity index (χ1n) is 11.3. The van der Waals surface area contributed by atoms with Crippen LogP contribution in [-0.2, 0) is 11.4 Å². The van der Waals surface area contributed by atoms with Gasteiger partial charge in [0.2, 0.25) is 0 Å². The average molecular weight is 473 g/mol. The maximum atomic E-state index is 12.8. The molecule has 1 fully saturated rings. The molecule has 1 heterocycles. The van der Waals surface area contributed by atoms with Gasteiger partial charge in [-0.15, -0.1) is 0 Å². The van der Waals surface area contributed by atoms with Crippen LogP contribution in [0.2, 0.25) is 0 Å². The van der Waals surface area contributed by atoms with Crippen molar-refractivity contribution in [3.63, 3.8) is 0 Å². The van der Waals surface area contributed by atoms with Crippen molar-refractivity contribution >= 4 is 17.3 Å². The van der Waals surface area contributed by atoms with Gasteiger partial charge in [0.15, 0.2) is 11.5 Å². The Bertz CT molecular complexity index is 1180. The van der Waals surface area contributed by atoms with E-state index in [0.717, 1.165) is 43.1 Å². The quantitative estimate of drug-likeness (QED) is 0.529. The molecule has 0 spiro atoms. The van der Waals surface area contributed by atoms with Crippen molar-refractivity contribution < 1.29 is 19.1 Å². The predicted molar refractivity (Wildman–Crippen MR) is 134 cm³/mol. The number of hydrogen-bond donors (Lipinski definition) is 1. The van der Waals surface area contributed by atoms with Gasteiger partial charge in [0, 0.05) is 43.1 Å². The lowest BCUT2D eigenvalue weighted by Gasteiger charge is -2.34. The topological polar surface area (TPSA) is 87.1 Å². The van der Waals surface area contributed by atoms with E-state index in [9.17, 15) is 4.79 Å². The number of nitriles is 1. The number of ether oxygens (including phenoxy) is 2. The molecule has 0 bridgehead atoms. The Labute approximate surface area is 205 Å². The van der Waals surface area contributed by atoms with Gasteiger partial charge in [-0.3, -0.25) is 4.79 Å². The minimum atomic E-state index is -0.233. The lowest BCUT2D eigenvalue weighted by atomic mass is 10.1. The summed E-state index contributed by atoms with van der Waals surface area (Å²) in [6.45, 7) is 3.80. The lowest BCUT2D eigenvalue weighted by Crippen LogP contribution is -2.45. The second kappa shape index (κ2) is 11.4. The summed E-state index contributed by atoms with van der Waals surface area (Å²) < 4.78 is 11.3. The number of methoxy groups -OCH3 is 1. The molecule has 8 nitrogen and oxygen atoms in total. The molecule has 1 amide bonds.